The monoisotopic (exact) mass is 100 g/mol. The largest absolute Gasteiger partial charge is 1.00 e. The fraction of sp³-hybridized carbons (Fsp3) is 1.00. The van der Waals surface area contributed by atoms with Crippen molar-refractivity contribution < 1.29 is 45.7 Å². The molecular weight excluding hydrogens is 93.8 g/mol. The molecule has 0 aliphatic carbocycles. The summed E-state index contributed by atoms with van der Waals surface area (Å²) in [6.07, 6.45) is 0. The van der Waals surface area contributed by atoms with E-state index < -0.39 is 7.32 Å². The van der Waals surface area contributed by atoms with Crippen LogP contribution in [0.5, 0.6) is 0 Å². The first-order valence-electron chi connectivity index (χ1n) is 1.16. The summed E-state index contributed by atoms with van der Waals surface area (Å²) in [4.78, 5) is 0. The molecule has 0 unspecified atom stereocenters. The Balaban J connectivity index is -0.0000000800. The predicted molar refractivity (Wildman–Crippen MR) is 18.3 cm³/mol. The van der Waals surface area contributed by atoms with Gasteiger partial charge in [-0.15, -0.1) is 0 Å². The fourth-order valence-electron chi connectivity index (χ4n) is 0. The van der Waals surface area contributed by atoms with Crippen molar-refractivity contribution in [2.45, 2.75) is 0 Å². The molecule has 2 N–H and O–H groups in total. The van der Waals surface area contributed by atoms with E-state index in [0.717, 1.165) is 0 Å². The Morgan fingerprint density at radius 3 is 1.83 bits per heavy atom. The summed E-state index contributed by atoms with van der Waals surface area (Å²) < 4.78 is 3.86. The Hall–Kier alpha value is 0.945. The standard InChI is InChI=1S/CH5BO3.Na.H/c1-5-2(3)4;;/h3-4H,1H3;;/q;+1;-1. The van der Waals surface area contributed by atoms with Gasteiger partial charge in [0.05, 0.1) is 0 Å². The van der Waals surface area contributed by atoms with Gasteiger partial charge in [-0.25, -0.2) is 0 Å². The minimum atomic E-state index is -1.62. The zero-order valence-corrected chi connectivity index (χ0v) is 5.88. The predicted octanol–water partition coefficient (Wildman–Crippen LogP) is -4.28. The molecule has 0 fully saturated rings. The molecule has 0 aliphatic rings. The molecule has 0 bridgehead atoms. The van der Waals surface area contributed by atoms with E-state index in [0.29, 0.717) is 0 Å². The Morgan fingerprint density at radius 1 is 1.67 bits per heavy atom. The molecule has 0 spiro atoms. The van der Waals surface area contributed by atoms with Crippen LogP contribution in [0, 0.1) is 0 Å². The van der Waals surface area contributed by atoms with Crippen molar-refractivity contribution in [2.75, 3.05) is 7.11 Å². The maximum atomic E-state index is 7.69. The van der Waals surface area contributed by atoms with Crippen LogP contribution in [0.25, 0.3) is 0 Å². The molecule has 0 saturated heterocycles. The van der Waals surface area contributed by atoms with Gasteiger partial charge in [0.2, 0.25) is 0 Å². The summed E-state index contributed by atoms with van der Waals surface area (Å²) in [6, 6.07) is 0. The third kappa shape index (κ3) is 8.87. The van der Waals surface area contributed by atoms with Crippen LogP contribution in [0.4, 0.5) is 0 Å². The van der Waals surface area contributed by atoms with Gasteiger partial charge in [-0.05, 0) is 0 Å². The summed E-state index contributed by atoms with van der Waals surface area (Å²) >= 11 is 0. The van der Waals surface area contributed by atoms with Crippen LogP contribution in [0.15, 0.2) is 0 Å². The average molecular weight is 99.9 g/mol. The van der Waals surface area contributed by atoms with Crippen molar-refractivity contribution in [3.63, 3.8) is 0 Å². The molecule has 32 valence electrons. The van der Waals surface area contributed by atoms with Gasteiger partial charge < -0.3 is 16.1 Å². The van der Waals surface area contributed by atoms with E-state index in [-0.39, 0.29) is 31.0 Å². The van der Waals surface area contributed by atoms with Crippen molar-refractivity contribution in [1.29, 1.82) is 0 Å². The van der Waals surface area contributed by atoms with E-state index in [1.54, 1.807) is 0 Å². The van der Waals surface area contributed by atoms with Crippen molar-refractivity contribution in [2.24, 2.45) is 0 Å². The van der Waals surface area contributed by atoms with E-state index in [2.05, 4.69) is 4.65 Å². The second kappa shape index (κ2) is 5.94. The average Bonchev–Trinajstić information content (AvgIpc) is 1.38. The Labute approximate surface area is 60.3 Å². The van der Waals surface area contributed by atoms with Crippen molar-refractivity contribution >= 4 is 7.32 Å². The summed E-state index contributed by atoms with van der Waals surface area (Å²) in [5, 5.41) is 15.4. The van der Waals surface area contributed by atoms with E-state index >= 15 is 0 Å². The van der Waals surface area contributed by atoms with Crippen LogP contribution in [0.3, 0.4) is 0 Å². The van der Waals surface area contributed by atoms with Gasteiger partial charge in [-0.3, -0.25) is 0 Å². The minimum Gasteiger partial charge on any atom is -1.00 e. The number of hydrogen-bond donors (Lipinski definition) is 2. The summed E-state index contributed by atoms with van der Waals surface area (Å²) in [6.45, 7) is 0. The second-order valence-corrected chi connectivity index (χ2v) is 0.562. The number of rotatable bonds is 1. The molecule has 3 nitrogen and oxygen atoms in total. The second-order valence-electron chi connectivity index (χ2n) is 0.562. The normalized spacial score (nSPS) is 6.50. The van der Waals surface area contributed by atoms with Gasteiger partial charge in [0.25, 0.3) is 0 Å². The van der Waals surface area contributed by atoms with Crippen molar-refractivity contribution in [3.05, 3.63) is 0 Å². The molecule has 0 aromatic carbocycles. The topological polar surface area (TPSA) is 49.7 Å². The fourth-order valence-corrected chi connectivity index (χ4v) is 0. The van der Waals surface area contributed by atoms with Gasteiger partial charge in [0.1, 0.15) is 0 Å². The van der Waals surface area contributed by atoms with E-state index in [1.165, 1.54) is 7.11 Å². The van der Waals surface area contributed by atoms with Gasteiger partial charge in [0.15, 0.2) is 0 Å². The Kier molecular flexibility index (Phi) is 9.95. The van der Waals surface area contributed by atoms with Crippen LogP contribution in [0.1, 0.15) is 1.43 Å². The molecule has 0 rings (SSSR count). The Morgan fingerprint density at radius 2 is 1.83 bits per heavy atom. The SMILES string of the molecule is COB(O)O.[H-].[Na+]. The zero-order valence-electron chi connectivity index (χ0n) is 4.88. The minimum absolute atomic E-state index is 0. The molecular formula is CH6BNaO3. The van der Waals surface area contributed by atoms with Crippen LogP contribution >= 0.6 is 0 Å². The molecule has 0 atom stereocenters. The van der Waals surface area contributed by atoms with Gasteiger partial charge in [-0.2, -0.15) is 0 Å². The first-order chi connectivity index (χ1) is 2.27. The summed E-state index contributed by atoms with van der Waals surface area (Å²) in [7, 11) is -0.417. The molecule has 0 aromatic heterocycles. The quantitative estimate of drug-likeness (QED) is 0.328. The molecule has 5 heteroatoms. The molecule has 0 amide bonds. The molecule has 0 aromatic rings. The molecule has 6 heavy (non-hydrogen) atoms. The number of hydrogen-bond acceptors (Lipinski definition) is 3. The maximum absolute atomic E-state index is 7.69. The summed E-state index contributed by atoms with van der Waals surface area (Å²) in [5.74, 6) is 0. The van der Waals surface area contributed by atoms with Crippen LogP contribution < -0.4 is 29.6 Å². The molecule has 0 heterocycles. The zero-order chi connectivity index (χ0) is 4.28. The van der Waals surface area contributed by atoms with Gasteiger partial charge >= 0.3 is 36.9 Å². The van der Waals surface area contributed by atoms with E-state index in [1.807, 2.05) is 0 Å². The molecule has 0 aliphatic heterocycles. The van der Waals surface area contributed by atoms with Gasteiger partial charge in [-0.1, -0.05) is 0 Å². The van der Waals surface area contributed by atoms with E-state index in [4.69, 9.17) is 10.0 Å². The Bertz CT molecular complexity index is 28.9. The third-order valence-electron chi connectivity index (χ3n) is 0.211. The third-order valence-corrected chi connectivity index (χ3v) is 0.211. The first-order valence-corrected chi connectivity index (χ1v) is 1.16. The smallest absolute Gasteiger partial charge is 1.00 e. The van der Waals surface area contributed by atoms with Gasteiger partial charge in [0, 0.05) is 7.11 Å². The maximum Gasteiger partial charge on any atom is 1.00 e. The first kappa shape index (κ1) is 10.0. The van der Waals surface area contributed by atoms with Crippen LogP contribution in [0.2, 0.25) is 0 Å². The van der Waals surface area contributed by atoms with Crippen molar-refractivity contribution in [3.8, 4) is 0 Å². The van der Waals surface area contributed by atoms with Crippen LogP contribution in [-0.2, 0) is 4.65 Å². The van der Waals surface area contributed by atoms with E-state index in [9.17, 15) is 0 Å². The molecule has 0 saturated carbocycles. The van der Waals surface area contributed by atoms with Crippen LogP contribution in [-0.4, -0.2) is 24.5 Å². The van der Waals surface area contributed by atoms with Crippen molar-refractivity contribution in [1.82, 2.24) is 0 Å². The molecule has 0 radical (unpaired) electrons. The summed E-state index contributed by atoms with van der Waals surface area (Å²) in [5.41, 5.74) is 0.